The van der Waals surface area contributed by atoms with Gasteiger partial charge in [0.2, 0.25) is 0 Å². The van der Waals surface area contributed by atoms with E-state index >= 15 is 0 Å². The van der Waals surface area contributed by atoms with Gasteiger partial charge in [0.1, 0.15) is 11.0 Å². The molecule has 0 aliphatic heterocycles. The van der Waals surface area contributed by atoms with Gasteiger partial charge in [-0.05, 0) is 32.4 Å². The number of hydrogen-bond acceptors (Lipinski definition) is 3. The third kappa shape index (κ3) is 4.44. The second-order valence-electron chi connectivity index (χ2n) is 5.46. The molecule has 1 rings (SSSR count). The summed E-state index contributed by atoms with van der Waals surface area (Å²) in [7, 11) is 1.00. The molecule has 0 amide bonds. The maximum Gasteiger partial charge on any atom is 0.423 e. The van der Waals surface area contributed by atoms with E-state index in [1.165, 1.54) is 0 Å². The van der Waals surface area contributed by atoms with Crippen molar-refractivity contribution in [3.05, 3.63) is 23.3 Å². The number of aliphatic hydroxyl groups is 2. The second-order valence-corrected chi connectivity index (χ2v) is 5.46. The Morgan fingerprint density at radius 1 is 1.24 bits per heavy atom. The Bertz CT molecular complexity index is 633. The Labute approximate surface area is 141 Å². The van der Waals surface area contributed by atoms with Crippen LogP contribution in [0.1, 0.15) is 27.2 Å². The summed E-state index contributed by atoms with van der Waals surface area (Å²) in [5, 5.41) is 17.4. The third-order valence-electron chi connectivity index (χ3n) is 3.87. The van der Waals surface area contributed by atoms with Crippen molar-refractivity contribution in [3.8, 4) is 11.8 Å². The summed E-state index contributed by atoms with van der Waals surface area (Å²) in [5.41, 5.74) is -7.76. The topological polar surface area (TPSA) is 57.5 Å². The lowest BCUT2D eigenvalue weighted by Crippen LogP contribution is -2.58. The molecule has 0 saturated heterocycles. The molecule has 2 atom stereocenters. The van der Waals surface area contributed by atoms with E-state index in [4.69, 9.17) is 5.11 Å². The maximum atomic E-state index is 13.4. The molecule has 2 unspecified atom stereocenters. The first-order valence-electron chi connectivity index (χ1n) is 6.91. The number of rotatable bonds is 0. The van der Waals surface area contributed by atoms with Crippen molar-refractivity contribution in [1.29, 1.82) is 0 Å². The van der Waals surface area contributed by atoms with Crippen molar-refractivity contribution in [2.75, 3.05) is 7.11 Å². The summed E-state index contributed by atoms with van der Waals surface area (Å²) in [6.07, 6.45) is -9.64. The highest BCUT2D eigenvalue weighted by atomic mass is 19.4. The summed E-state index contributed by atoms with van der Waals surface area (Å²) in [6.45, 7) is 2.62. The number of alkyl halides is 6. The van der Waals surface area contributed by atoms with Gasteiger partial charge in [-0.15, -0.1) is 0 Å². The van der Waals surface area contributed by atoms with E-state index in [0.29, 0.717) is 13.0 Å². The molecule has 1 aliphatic rings. The second kappa shape index (κ2) is 7.62. The Morgan fingerprint density at radius 3 is 2.08 bits per heavy atom. The zero-order valence-corrected chi connectivity index (χ0v) is 13.9. The third-order valence-corrected chi connectivity index (χ3v) is 3.87. The van der Waals surface area contributed by atoms with Crippen molar-refractivity contribution < 1.29 is 41.4 Å². The van der Waals surface area contributed by atoms with Crippen molar-refractivity contribution in [3.63, 3.8) is 0 Å². The number of carbonyl (C=O) groups excluding carboxylic acids is 1. The number of hydrogen-bond donors (Lipinski definition) is 2. The molecule has 3 nitrogen and oxygen atoms in total. The molecular weight excluding hydrogens is 354 g/mol. The van der Waals surface area contributed by atoms with Crippen LogP contribution in [-0.4, -0.2) is 41.1 Å². The molecule has 2 N–H and O–H groups in total. The summed E-state index contributed by atoms with van der Waals surface area (Å²) in [5.74, 6) is 2.40. The summed E-state index contributed by atoms with van der Waals surface area (Å²) in [4.78, 5) is 11.5. The lowest BCUT2D eigenvalue weighted by molar-refractivity contribution is -0.259. The Morgan fingerprint density at radius 2 is 1.72 bits per heavy atom. The van der Waals surface area contributed by atoms with Gasteiger partial charge in [-0.2, -0.15) is 26.3 Å². The van der Waals surface area contributed by atoms with Crippen LogP contribution in [0.25, 0.3) is 0 Å². The smallest absolute Gasteiger partial charge is 0.400 e. The molecule has 142 valence electrons. The van der Waals surface area contributed by atoms with Crippen LogP contribution in [0, 0.1) is 17.3 Å². The number of carbonyl (C=O) groups is 1. The van der Waals surface area contributed by atoms with Crippen LogP contribution in [0.5, 0.6) is 0 Å². The van der Waals surface area contributed by atoms with Gasteiger partial charge < -0.3 is 10.2 Å². The molecule has 0 saturated carbocycles. The quantitative estimate of drug-likeness (QED) is 0.507. The average Bonchev–Trinajstić information content (AvgIpc) is 2.45. The SMILES string of the molecule is C/C=C(\C#CC1(O)C(C)=CC(=O)CC1(C)C(F)(F)F)C(F)(F)F.CO. The van der Waals surface area contributed by atoms with Crippen LogP contribution in [0.15, 0.2) is 23.3 Å². The standard InChI is InChI=1S/C15H14F6O2.CH4O/c1-4-10(14(16,17)18)5-6-13(23)9(2)7-11(22)8-12(13,3)15(19,20)21;1-2/h4,7,23H,8H2,1-3H3;2H,1H3/b10-4+;. The normalized spacial score (nSPS) is 27.6. The van der Waals surface area contributed by atoms with Crippen LogP contribution >= 0.6 is 0 Å². The molecular formula is C16H18F6O3. The summed E-state index contributed by atoms with van der Waals surface area (Å²) >= 11 is 0. The molecule has 0 fully saturated rings. The van der Waals surface area contributed by atoms with Crippen LogP contribution in [0.4, 0.5) is 26.3 Å². The van der Waals surface area contributed by atoms with Crippen molar-refractivity contribution in [2.45, 2.75) is 45.1 Å². The highest BCUT2D eigenvalue weighted by Gasteiger charge is 2.65. The minimum absolute atomic E-state index is 0.446. The minimum atomic E-state index is -5.05. The van der Waals surface area contributed by atoms with Gasteiger partial charge in [0.05, 0.1) is 0 Å². The van der Waals surface area contributed by atoms with E-state index in [1.807, 2.05) is 0 Å². The fraction of sp³-hybridized carbons (Fsp3) is 0.562. The Balaban J connectivity index is 0.00000277. The Hall–Kier alpha value is -1.79. The van der Waals surface area contributed by atoms with E-state index in [0.717, 1.165) is 27.0 Å². The highest BCUT2D eigenvalue weighted by Crippen LogP contribution is 2.53. The summed E-state index contributed by atoms with van der Waals surface area (Å²) < 4.78 is 78.0. The molecule has 0 bridgehead atoms. The van der Waals surface area contributed by atoms with Crippen LogP contribution in [0.2, 0.25) is 0 Å². The van der Waals surface area contributed by atoms with Gasteiger partial charge in [0.25, 0.3) is 0 Å². The molecule has 0 heterocycles. The van der Waals surface area contributed by atoms with Gasteiger partial charge >= 0.3 is 12.4 Å². The zero-order chi connectivity index (χ0) is 20.3. The van der Waals surface area contributed by atoms with Gasteiger partial charge in [-0.1, -0.05) is 17.9 Å². The van der Waals surface area contributed by atoms with E-state index < -0.39 is 46.7 Å². The lowest BCUT2D eigenvalue weighted by atomic mass is 9.63. The molecule has 0 radical (unpaired) electrons. The fourth-order valence-electron chi connectivity index (χ4n) is 2.31. The number of halogens is 6. The lowest BCUT2D eigenvalue weighted by Gasteiger charge is -2.45. The first-order valence-corrected chi connectivity index (χ1v) is 6.91. The largest absolute Gasteiger partial charge is 0.423 e. The van der Waals surface area contributed by atoms with E-state index in [1.54, 1.807) is 11.8 Å². The van der Waals surface area contributed by atoms with E-state index in [-0.39, 0.29) is 0 Å². The van der Waals surface area contributed by atoms with E-state index in [9.17, 15) is 36.2 Å². The highest BCUT2D eigenvalue weighted by molar-refractivity contribution is 5.93. The first kappa shape index (κ1) is 23.2. The molecule has 0 spiro atoms. The molecule has 1 aliphatic carbocycles. The van der Waals surface area contributed by atoms with Gasteiger partial charge in [0.15, 0.2) is 11.4 Å². The maximum absolute atomic E-state index is 13.4. The van der Waals surface area contributed by atoms with Crippen molar-refractivity contribution in [1.82, 2.24) is 0 Å². The number of aliphatic hydroxyl groups excluding tert-OH is 1. The fourth-order valence-corrected chi connectivity index (χ4v) is 2.31. The molecule has 25 heavy (non-hydrogen) atoms. The predicted molar refractivity (Wildman–Crippen MR) is 78.2 cm³/mol. The minimum Gasteiger partial charge on any atom is -0.400 e. The van der Waals surface area contributed by atoms with Crippen molar-refractivity contribution in [2.24, 2.45) is 5.41 Å². The van der Waals surface area contributed by atoms with Gasteiger partial charge in [-0.25, -0.2) is 0 Å². The van der Waals surface area contributed by atoms with Crippen LogP contribution < -0.4 is 0 Å². The monoisotopic (exact) mass is 372 g/mol. The van der Waals surface area contributed by atoms with Crippen LogP contribution in [-0.2, 0) is 4.79 Å². The predicted octanol–water partition coefficient (Wildman–Crippen LogP) is 3.33. The van der Waals surface area contributed by atoms with Crippen LogP contribution in [0.3, 0.4) is 0 Å². The Kier molecular flexibility index (Phi) is 7.07. The summed E-state index contributed by atoms with van der Waals surface area (Å²) in [6, 6.07) is 0. The molecule has 9 heteroatoms. The molecule has 0 aromatic heterocycles. The first-order chi connectivity index (χ1) is 11.2. The van der Waals surface area contributed by atoms with Gasteiger partial charge in [-0.3, -0.25) is 4.79 Å². The van der Waals surface area contributed by atoms with E-state index in [2.05, 4.69) is 0 Å². The van der Waals surface area contributed by atoms with Crippen molar-refractivity contribution >= 4 is 5.78 Å². The zero-order valence-electron chi connectivity index (χ0n) is 13.9. The average molecular weight is 372 g/mol. The van der Waals surface area contributed by atoms with Gasteiger partial charge in [0, 0.05) is 13.5 Å². The molecule has 0 aromatic carbocycles. The molecule has 0 aromatic rings. The number of ketones is 1. The number of allylic oxidation sites excluding steroid dienone is 3.